The molecule has 0 spiro atoms. The average Bonchev–Trinajstić information content (AvgIpc) is 2.57. The van der Waals surface area contributed by atoms with Crippen molar-refractivity contribution in [3.05, 3.63) is 29.3 Å². The Labute approximate surface area is 147 Å². The van der Waals surface area contributed by atoms with Crippen LogP contribution < -0.4 is 16.4 Å². The third-order valence-electron chi connectivity index (χ3n) is 5.99. The average molecular weight is 355 g/mol. The predicted octanol–water partition coefficient (Wildman–Crippen LogP) is 3.83. The van der Waals surface area contributed by atoms with Gasteiger partial charge in [-0.05, 0) is 68.7 Å². The van der Waals surface area contributed by atoms with E-state index in [4.69, 9.17) is 11.5 Å². The Morgan fingerprint density at radius 1 is 1.08 bits per heavy atom. The van der Waals surface area contributed by atoms with E-state index in [-0.39, 0.29) is 24.4 Å². The van der Waals surface area contributed by atoms with Crippen LogP contribution in [-0.4, -0.2) is 25.3 Å². The molecular weight excluding hydrogens is 327 g/mol. The van der Waals surface area contributed by atoms with E-state index in [1.807, 2.05) is 13.0 Å². The minimum Gasteiger partial charge on any atom is -0.371 e. The molecule has 2 fully saturated rings. The molecule has 0 atom stereocenters. The zero-order chi connectivity index (χ0) is 18.2. The van der Waals surface area contributed by atoms with Crippen LogP contribution in [0.5, 0.6) is 0 Å². The molecule has 25 heavy (non-hydrogen) atoms. The van der Waals surface area contributed by atoms with Crippen LogP contribution in [0.1, 0.15) is 49.7 Å². The SMILES string of the molecule is Cc1cc(N2CCC(C(F)(F)F)CC2)ccc1C1(N)CCC(N)CC1. The van der Waals surface area contributed by atoms with Crippen LogP contribution in [0.4, 0.5) is 18.9 Å². The van der Waals surface area contributed by atoms with Crippen molar-refractivity contribution >= 4 is 5.69 Å². The summed E-state index contributed by atoms with van der Waals surface area (Å²) in [6.07, 6.45) is -0.104. The molecule has 0 amide bonds. The molecule has 1 aliphatic heterocycles. The third-order valence-corrected chi connectivity index (χ3v) is 5.99. The van der Waals surface area contributed by atoms with Crippen LogP contribution in [0.2, 0.25) is 0 Å². The fourth-order valence-corrected chi connectivity index (χ4v) is 4.29. The summed E-state index contributed by atoms with van der Waals surface area (Å²) in [7, 11) is 0. The van der Waals surface area contributed by atoms with E-state index in [1.54, 1.807) is 0 Å². The molecule has 1 aliphatic carbocycles. The largest absolute Gasteiger partial charge is 0.391 e. The van der Waals surface area contributed by atoms with E-state index < -0.39 is 12.1 Å². The molecule has 1 heterocycles. The minimum atomic E-state index is -4.07. The first-order chi connectivity index (χ1) is 11.7. The van der Waals surface area contributed by atoms with Gasteiger partial charge >= 0.3 is 6.18 Å². The van der Waals surface area contributed by atoms with E-state index in [1.165, 1.54) is 0 Å². The maximum atomic E-state index is 12.8. The number of anilines is 1. The Hall–Kier alpha value is -1.27. The maximum absolute atomic E-state index is 12.8. The summed E-state index contributed by atoms with van der Waals surface area (Å²) in [4.78, 5) is 2.05. The maximum Gasteiger partial charge on any atom is 0.391 e. The van der Waals surface area contributed by atoms with Crippen molar-refractivity contribution in [1.29, 1.82) is 0 Å². The van der Waals surface area contributed by atoms with E-state index in [9.17, 15) is 13.2 Å². The number of piperidine rings is 1. The second-order valence-corrected chi connectivity index (χ2v) is 7.80. The number of aryl methyl sites for hydroxylation is 1. The second-order valence-electron chi connectivity index (χ2n) is 7.80. The van der Waals surface area contributed by atoms with Crippen LogP contribution in [0.25, 0.3) is 0 Å². The van der Waals surface area contributed by atoms with Crippen molar-refractivity contribution in [2.24, 2.45) is 17.4 Å². The Morgan fingerprint density at radius 2 is 1.68 bits per heavy atom. The zero-order valence-electron chi connectivity index (χ0n) is 14.8. The lowest BCUT2D eigenvalue weighted by atomic mass is 9.74. The molecule has 2 aliphatic rings. The van der Waals surface area contributed by atoms with Gasteiger partial charge in [0.05, 0.1) is 5.92 Å². The number of hydrogen-bond donors (Lipinski definition) is 2. The van der Waals surface area contributed by atoms with E-state index in [2.05, 4.69) is 17.0 Å². The highest BCUT2D eigenvalue weighted by Crippen LogP contribution is 2.39. The number of benzene rings is 1. The molecule has 0 aromatic heterocycles. The van der Waals surface area contributed by atoms with Crippen molar-refractivity contribution in [1.82, 2.24) is 0 Å². The summed E-state index contributed by atoms with van der Waals surface area (Å²) >= 11 is 0. The van der Waals surface area contributed by atoms with Gasteiger partial charge in [-0.3, -0.25) is 0 Å². The van der Waals surface area contributed by atoms with Crippen LogP contribution in [0.15, 0.2) is 18.2 Å². The zero-order valence-corrected chi connectivity index (χ0v) is 14.8. The van der Waals surface area contributed by atoms with Crippen LogP contribution in [0.3, 0.4) is 0 Å². The Morgan fingerprint density at radius 3 is 2.20 bits per heavy atom. The number of nitrogens with zero attached hydrogens (tertiary/aromatic N) is 1. The molecule has 1 aromatic carbocycles. The van der Waals surface area contributed by atoms with Gasteiger partial charge in [-0.1, -0.05) is 6.07 Å². The van der Waals surface area contributed by atoms with Gasteiger partial charge in [0.1, 0.15) is 0 Å². The molecule has 6 heteroatoms. The van der Waals surface area contributed by atoms with Gasteiger partial charge in [-0.2, -0.15) is 13.2 Å². The molecule has 3 nitrogen and oxygen atoms in total. The second kappa shape index (κ2) is 6.80. The molecule has 3 rings (SSSR count). The van der Waals surface area contributed by atoms with Crippen molar-refractivity contribution < 1.29 is 13.2 Å². The fraction of sp³-hybridized carbons (Fsp3) is 0.684. The fourth-order valence-electron chi connectivity index (χ4n) is 4.29. The van der Waals surface area contributed by atoms with Crippen molar-refractivity contribution in [3.63, 3.8) is 0 Å². The molecule has 0 bridgehead atoms. The highest BCUT2D eigenvalue weighted by Gasteiger charge is 2.41. The van der Waals surface area contributed by atoms with Crippen LogP contribution >= 0.6 is 0 Å². The van der Waals surface area contributed by atoms with Crippen molar-refractivity contribution in [3.8, 4) is 0 Å². The van der Waals surface area contributed by atoms with Gasteiger partial charge in [0.15, 0.2) is 0 Å². The quantitative estimate of drug-likeness (QED) is 0.848. The van der Waals surface area contributed by atoms with Gasteiger partial charge in [0.25, 0.3) is 0 Å². The minimum absolute atomic E-state index is 0.170. The molecule has 140 valence electrons. The van der Waals surface area contributed by atoms with Gasteiger partial charge < -0.3 is 16.4 Å². The van der Waals surface area contributed by atoms with Crippen LogP contribution in [0, 0.1) is 12.8 Å². The summed E-state index contributed by atoms with van der Waals surface area (Å²) < 4.78 is 38.5. The van der Waals surface area contributed by atoms with Gasteiger partial charge in [-0.15, -0.1) is 0 Å². The lowest BCUT2D eigenvalue weighted by Gasteiger charge is -2.38. The van der Waals surface area contributed by atoms with Gasteiger partial charge in [0.2, 0.25) is 0 Å². The summed E-state index contributed by atoms with van der Waals surface area (Å²) in [5.74, 6) is -1.16. The summed E-state index contributed by atoms with van der Waals surface area (Å²) in [5.41, 5.74) is 15.6. The third kappa shape index (κ3) is 3.95. The number of alkyl halides is 3. The first-order valence-corrected chi connectivity index (χ1v) is 9.16. The standard InChI is InChI=1S/C19H28F3N3/c1-13-12-16(25-10-6-14(7-11-25)19(20,21)22)2-3-17(13)18(24)8-4-15(23)5-9-18/h2-3,12,14-15H,4-11,23-24H2,1H3. The smallest absolute Gasteiger partial charge is 0.371 e. The molecule has 4 N–H and O–H groups in total. The van der Waals surface area contributed by atoms with Crippen molar-refractivity contribution in [2.45, 2.75) is 63.2 Å². The predicted molar refractivity (Wildman–Crippen MR) is 94.5 cm³/mol. The Kier molecular flexibility index (Phi) is 5.04. The highest BCUT2D eigenvalue weighted by atomic mass is 19.4. The number of halogens is 3. The van der Waals surface area contributed by atoms with E-state index >= 15 is 0 Å². The number of hydrogen-bond acceptors (Lipinski definition) is 3. The molecule has 0 radical (unpaired) electrons. The summed E-state index contributed by atoms with van der Waals surface area (Å²) in [5, 5.41) is 0. The highest BCUT2D eigenvalue weighted by molar-refractivity contribution is 5.52. The molecule has 1 saturated heterocycles. The lowest BCUT2D eigenvalue weighted by molar-refractivity contribution is -0.179. The Bertz CT molecular complexity index is 598. The number of rotatable bonds is 2. The molecule has 0 unspecified atom stereocenters. The van der Waals surface area contributed by atoms with Gasteiger partial charge in [-0.25, -0.2) is 0 Å². The molecule has 1 aromatic rings. The van der Waals surface area contributed by atoms with E-state index in [0.717, 1.165) is 42.5 Å². The first kappa shape index (κ1) is 18.5. The Balaban J connectivity index is 1.71. The topological polar surface area (TPSA) is 55.3 Å². The van der Waals surface area contributed by atoms with Gasteiger partial charge in [0, 0.05) is 30.4 Å². The number of nitrogens with two attached hydrogens (primary N) is 2. The van der Waals surface area contributed by atoms with Crippen molar-refractivity contribution in [2.75, 3.05) is 18.0 Å². The normalized spacial score (nSPS) is 29.0. The monoisotopic (exact) mass is 355 g/mol. The van der Waals surface area contributed by atoms with Crippen LogP contribution in [-0.2, 0) is 5.54 Å². The molecular formula is C19H28F3N3. The summed E-state index contributed by atoms with van der Waals surface area (Å²) in [6.45, 7) is 2.95. The molecule has 1 saturated carbocycles. The first-order valence-electron chi connectivity index (χ1n) is 9.16. The summed E-state index contributed by atoms with van der Waals surface area (Å²) in [6, 6.07) is 6.40. The van der Waals surface area contributed by atoms with E-state index in [0.29, 0.717) is 13.1 Å². The lowest BCUT2D eigenvalue weighted by Crippen LogP contribution is -2.44.